The molecule has 0 saturated heterocycles. The molecule has 0 amide bonds. The first-order valence-electron chi connectivity index (χ1n) is 5.99. The van der Waals surface area contributed by atoms with E-state index in [0.717, 1.165) is 30.6 Å². The quantitative estimate of drug-likeness (QED) is 0.539. The first-order valence-corrected chi connectivity index (χ1v) is 5.99. The van der Waals surface area contributed by atoms with Crippen molar-refractivity contribution in [2.45, 2.75) is 32.8 Å². The van der Waals surface area contributed by atoms with Gasteiger partial charge >= 0.3 is 5.97 Å². The maximum Gasteiger partial charge on any atom is 0.309 e. The van der Waals surface area contributed by atoms with Crippen LogP contribution in [0.4, 0.5) is 0 Å². The SMILES string of the molecule is CCCCOCc1ccccc1CC(=O)OC. The Labute approximate surface area is 103 Å². The van der Waals surface area contributed by atoms with Crippen LogP contribution in [-0.2, 0) is 27.3 Å². The van der Waals surface area contributed by atoms with Crippen LogP contribution in [0.1, 0.15) is 30.9 Å². The molecule has 0 radical (unpaired) electrons. The number of carbonyl (C=O) groups is 1. The lowest BCUT2D eigenvalue weighted by molar-refractivity contribution is -0.139. The number of carbonyl (C=O) groups excluding carboxylic acids is 1. The third kappa shape index (κ3) is 5.00. The highest BCUT2D eigenvalue weighted by Crippen LogP contribution is 2.11. The summed E-state index contributed by atoms with van der Waals surface area (Å²) in [6, 6.07) is 7.81. The molecule has 0 saturated carbocycles. The van der Waals surface area contributed by atoms with Gasteiger partial charge < -0.3 is 9.47 Å². The summed E-state index contributed by atoms with van der Waals surface area (Å²) in [5, 5.41) is 0. The highest BCUT2D eigenvalue weighted by Gasteiger charge is 2.07. The fourth-order valence-corrected chi connectivity index (χ4v) is 1.53. The van der Waals surface area contributed by atoms with Crippen LogP contribution in [0.3, 0.4) is 0 Å². The van der Waals surface area contributed by atoms with Gasteiger partial charge in [0.05, 0.1) is 20.1 Å². The van der Waals surface area contributed by atoms with Crippen molar-refractivity contribution in [1.29, 1.82) is 0 Å². The molecule has 0 atom stereocenters. The van der Waals surface area contributed by atoms with E-state index in [9.17, 15) is 4.79 Å². The number of ether oxygens (including phenoxy) is 2. The summed E-state index contributed by atoms with van der Waals surface area (Å²) >= 11 is 0. The van der Waals surface area contributed by atoms with Crippen molar-refractivity contribution in [3.63, 3.8) is 0 Å². The average molecular weight is 236 g/mol. The average Bonchev–Trinajstić information content (AvgIpc) is 2.36. The van der Waals surface area contributed by atoms with Gasteiger partial charge in [-0.2, -0.15) is 0 Å². The van der Waals surface area contributed by atoms with Crippen molar-refractivity contribution in [2.75, 3.05) is 13.7 Å². The second-order valence-electron chi connectivity index (χ2n) is 3.93. The zero-order valence-electron chi connectivity index (χ0n) is 10.6. The van der Waals surface area contributed by atoms with Crippen molar-refractivity contribution in [1.82, 2.24) is 0 Å². The number of unbranched alkanes of at least 4 members (excludes halogenated alkanes) is 1. The van der Waals surface area contributed by atoms with E-state index < -0.39 is 0 Å². The standard InChI is InChI=1S/C14H20O3/c1-3-4-9-17-11-13-8-6-5-7-12(13)10-14(15)16-2/h5-8H,3-4,9-11H2,1-2H3. The van der Waals surface area contributed by atoms with Crippen LogP contribution in [-0.4, -0.2) is 19.7 Å². The van der Waals surface area contributed by atoms with E-state index in [1.54, 1.807) is 0 Å². The predicted molar refractivity (Wildman–Crippen MR) is 66.7 cm³/mol. The molecule has 0 unspecified atom stereocenters. The third-order valence-electron chi connectivity index (χ3n) is 2.58. The number of esters is 1. The van der Waals surface area contributed by atoms with Crippen LogP contribution >= 0.6 is 0 Å². The molecule has 0 fully saturated rings. The minimum absolute atomic E-state index is 0.217. The Balaban J connectivity index is 2.54. The van der Waals surface area contributed by atoms with Gasteiger partial charge in [-0.05, 0) is 17.5 Å². The van der Waals surface area contributed by atoms with Gasteiger partial charge in [0.15, 0.2) is 0 Å². The maximum atomic E-state index is 11.2. The van der Waals surface area contributed by atoms with Gasteiger partial charge in [0, 0.05) is 6.61 Å². The second kappa shape index (κ2) is 7.85. The number of methoxy groups -OCH3 is 1. The topological polar surface area (TPSA) is 35.5 Å². The monoisotopic (exact) mass is 236 g/mol. The molecule has 1 rings (SSSR count). The van der Waals surface area contributed by atoms with Crippen LogP contribution in [0.5, 0.6) is 0 Å². The molecule has 0 spiro atoms. The summed E-state index contributed by atoms with van der Waals surface area (Å²) in [4.78, 5) is 11.2. The molecule has 1 aromatic rings. The molecule has 0 aliphatic rings. The zero-order valence-corrected chi connectivity index (χ0v) is 10.6. The third-order valence-corrected chi connectivity index (χ3v) is 2.58. The highest BCUT2D eigenvalue weighted by atomic mass is 16.5. The Morgan fingerprint density at radius 2 is 1.94 bits per heavy atom. The molecule has 17 heavy (non-hydrogen) atoms. The lowest BCUT2D eigenvalue weighted by atomic mass is 10.1. The van der Waals surface area contributed by atoms with E-state index in [2.05, 4.69) is 11.7 Å². The highest BCUT2D eigenvalue weighted by molar-refractivity contribution is 5.72. The summed E-state index contributed by atoms with van der Waals surface area (Å²) in [7, 11) is 1.41. The van der Waals surface area contributed by atoms with Gasteiger partial charge in [-0.25, -0.2) is 0 Å². The van der Waals surface area contributed by atoms with Gasteiger partial charge in [0.1, 0.15) is 0 Å². The normalized spacial score (nSPS) is 10.2. The molecule has 0 aromatic heterocycles. The predicted octanol–water partition coefficient (Wildman–Crippen LogP) is 2.72. The van der Waals surface area contributed by atoms with Gasteiger partial charge in [0.2, 0.25) is 0 Å². The summed E-state index contributed by atoms with van der Waals surface area (Å²) in [6.07, 6.45) is 2.51. The van der Waals surface area contributed by atoms with Crippen LogP contribution in [0.25, 0.3) is 0 Å². The van der Waals surface area contributed by atoms with Crippen LogP contribution in [0.15, 0.2) is 24.3 Å². The van der Waals surface area contributed by atoms with Crippen molar-refractivity contribution < 1.29 is 14.3 Å². The second-order valence-corrected chi connectivity index (χ2v) is 3.93. The van der Waals surface area contributed by atoms with Gasteiger partial charge in [0.25, 0.3) is 0 Å². The fraction of sp³-hybridized carbons (Fsp3) is 0.500. The molecule has 0 aliphatic carbocycles. The number of rotatable bonds is 7. The van der Waals surface area contributed by atoms with Crippen LogP contribution in [0.2, 0.25) is 0 Å². The molecule has 0 bridgehead atoms. The Morgan fingerprint density at radius 3 is 2.59 bits per heavy atom. The minimum atomic E-state index is -0.217. The molecular formula is C14H20O3. The van der Waals surface area contributed by atoms with Crippen molar-refractivity contribution in [2.24, 2.45) is 0 Å². The van der Waals surface area contributed by atoms with E-state index >= 15 is 0 Å². The smallest absolute Gasteiger partial charge is 0.309 e. The molecule has 3 heteroatoms. The van der Waals surface area contributed by atoms with Gasteiger partial charge in [-0.15, -0.1) is 0 Å². The summed E-state index contributed by atoms with van der Waals surface area (Å²) < 4.78 is 10.2. The Morgan fingerprint density at radius 1 is 1.24 bits per heavy atom. The van der Waals surface area contributed by atoms with E-state index in [4.69, 9.17) is 4.74 Å². The summed E-state index contributed by atoms with van der Waals surface area (Å²) in [6.45, 7) is 3.46. The van der Waals surface area contributed by atoms with Crippen LogP contribution in [0, 0.1) is 0 Å². The van der Waals surface area contributed by atoms with Gasteiger partial charge in [-0.1, -0.05) is 37.6 Å². The minimum Gasteiger partial charge on any atom is -0.469 e. The molecular weight excluding hydrogens is 216 g/mol. The largest absolute Gasteiger partial charge is 0.469 e. The molecule has 1 aromatic carbocycles. The lowest BCUT2D eigenvalue weighted by Crippen LogP contribution is -2.07. The zero-order chi connectivity index (χ0) is 12.5. The van der Waals surface area contributed by atoms with E-state index in [1.807, 2.05) is 24.3 Å². The maximum absolute atomic E-state index is 11.2. The fourth-order valence-electron chi connectivity index (χ4n) is 1.53. The number of hydrogen-bond donors (Lipinski definition) is 0. The molecule has 0 aliphatic heterocycles. The molecule has 0 heterocycles. The van der Waals surface area contributed by atoms with Gasteiger partial charge in [-0.3, -0.25) is 4.79 Å². The Kier molecular flexibility index (Phi) is 6.33. The van der Waals surface area contributed by atoms with E-state index in [1.165, 1.54) is 7.11 Å². The van der Waals surface area contributed by atoms with Crippen LogP contribution < -0.4 is 0 Å². The van der Waals surface area contributed by atoms with E-state index in [0.29, 0.717) is 13.0 Å². The number of benzene rings is 1. The number of hydrogen-bond acceptors (Lipinski definition) is 3. The summed E-state index contributed by atoms with van der Waals surface area (Å²) in [5.74, 6) is -0.217. The van der Waals surface area contributed by atoms with Crippen molar-refractivity contribution in [3.8, 4) is 0 Å². The van der Waals surface area contributed by atoms with E-state index in [-0.39, 0.29) is 5.97 Å². The summed E-state index contributed by atoms with van der Waals surface area (Å²) in [5.41, 5.74) is 2.05. The molecule has 0 N–H and O–H groups in total. The molecule has 3 nitrogen and oxygen atoms in total. The van der Waals surface area contributed by atoms with Crippen molar-refractivity contribution in [3.05, 3.63) is 35.4 Å². The Bertz CT molecular complexity index is 347. The lowest BCUT2D eigenvalue weighted by Gasteiger charge is -2.09. The van der Waals surface area contributed by atoms with Crippen molar-refractivity contribution >= 4 is 5.97 Å². The first-order chi connectivity index (χ1) is 8.27. The molecule has 94 valence electrons. The first kappa shape index (κ1) is 13.7. The Hall–Kier alpha value is -1.35.